The first-order valence-electron chi connectivity index (χ1n) is 8.90. The van der Waals surface area contributed by atoms with Crippen molar-refractivity contribution in [1.82, 2.24) is 30.0 Å². The minimum absolute atomic E-state index is 0.0329. The first kappa shape index (κ1) is 18.7. The fraction of sp³-hybridized carbons (Fsp3) is 0.263. The van der Waals surface area contributed by atoms with Gasteiger partial charge >= 0.3 is 0 Å². The van der Waals surface area contributed by atoms with Gasteiger partial charge in [0.05, 0.1) is 12.2 Å². The van der Waals surface area contributed by atoms with E-state index in [9.17, 15) is 9.18 Å². The molecule has 3 aromatic rings. The molecule has 0 spiro atoms. The topological polar surface area (TPSA) is 67.2 Å². The lowest BCUT2D eigenvalue weighted by molar-refractivity contribution is 0.0624. The lowest BCUT2D eigenvalue weighted by Crippen LogP contribution is -2.48. The molecule has 1 aliphatic heterocycles. The molecule has 0 aliphatic carbocycles. The lowest BCUT2D eigenvalue weighted by atomic mass is 10.2. The molecule has 1 saturated heterocycles. The molecule has 144 valence electrons. The summed E-state index contributed by atoms with van der Waals surface area (Å²) in [6.07, 6.45) is 0. The van der Waals surface area contributed by atoms with E-state index in [1.807, 2.05) is 29.2 Å². The standard InChI is InChI=1S/C19H18BrFN6O/c20-15-4-1-3-14(11-15)19(28)26-9-7-25(8-10-26)13-18-22-23-24-27(18)17-6-2-5-16(21)12-17/h1-6,11-12H,7-10,13H2. The number of aromatic nitrogens is 4. The van der Waals surface area contributed by atoms with E-state index in [1.54, 1.807) is 16.8 Å². The van der Waals surface area contributed by atoms with Crippen molar-refractivity contribution < 1.29 is 9.18 Å². The van der Waals surface area contributed by atoms with Crippen LogP contribution in [-0.2, 0) is 6.54 Å². The molecule has 0 atom stereocenters. The van der Waals surface area contributed by atoms with Crippen molar-refractivity contribution in [3.8, 4) is 5.69 Å². The van der Waals surface area contributed by atoms with Crippen molar-refractivity contribution >= 4 is 21.8 Å². The Morgan fingerprint density at radius 3 is 2.61 bits per heavy atom. The molecule has 2 aromatic carbocycles. The van der Waals surface area contributed by atoms with Crippen LogP contribution >= 0.6 is 15.9 Å². The van der Waals surface area contributed by atoms with E-state index in [2.05, 4.69) is 36.4 Å². The number of halogens is 2. The number of nitrogens with zero attached hydrogens (tertiary/aromatic N) is 6. The summed E-state index contributed by atoms with van der Waals surface area (Å²) in [5.41, 5.74) is 1.27. The van der Waals surface area contributed by atoms with Crippen LogP contribution in [-0.4, -0.2) is 62.1 Å². The largest absolute Gasteiger partial charge is 0.336 e. The van der Waals surface area contributed by atoms with Gasteiger partial charge in [0, 0.05) is 36.2 Å². The Labute approximate surface area is 169 Å². The molecule has 0 N–H and O–H groups in total. The Kier molecular flexibility index (Phi) is 5.45. The number of hydrogen-bond acceptors (Lipinski definition) is 5. The fourth-order valence-electron chi connectivity index (χ4n) is 3.23. The summed E-state index contributed by atoms with van der Waals surface area (Å²) in [5.74, 6) is 0.335. The molecule has 1 aromatic heterocycles. The molecule has 0 saturated carbocycles. The molecular weight excluding hydrogens is 427 g/mol. The summed E-state index contributed by atoms with van der Waals surface area (Å²) in [7, 11) is 0. The summed E-state index contributed by atoms with van der Waals surface area (Å²) in [4.78, 5) is 16.7. The molecule has 0 bridgehead atoms. The zero-order chi connectivity index (χ0) is 19.5. The number of tetrazole rings is 1. The van der Waals surface area contributed by atoms with E-state index in [4.69, 9.17) is 0 Å². The van der Waals surface area contributed by atoms with Gasteiger partial charge in [-0.2, -0.15) is 4.68 Å². The molecule has 1 fully saturated rings. The van der Waals surface area contributed by atoms with Crippen LogP contribution in [0.25, 0.3) is 5.69 Å². The van der Waals surface area contributed by atoms with Crippen LogP contribution in [0.3, 0.4) is 0 Å². The third-order valence-electron chi connectivity index (χ3n) is 4.68. The highest BCUT2D eigenvalue weighted by atomic mass is 79.9. The van der Waals surface area contributed by atoms with Crippen LogP contribution in [0.15, 0.2) is 53.0 Å². The highest BCUT2D eigenvalue weighted by Crippen LogP contribution is 2.16. The average Bonchev–Trinajstić information content (AvgIpc) is 3.16. The summed E-state index contributed by atoms with van der Waals surface area (Å²) >= 11 is 3.40. The molecule has 0 unspecified atom stereocenters. The van der Waals surface area contributed by atoms with E-state index in [-0.39, 0.29) is 11.7 Å². The van der Waals surface area contributed by atoms with Crippen molar-refractivity contribution in [3.63, 3.8) is 0 Å². The third kappa shape index (κ3) is 4.10. The van der Waals surface area contributed by atoms with Crippen LogP contribution in [0.2, 0.25) is 0 Å². The lowest BCUT2D eigenvalue weighted by Gasteiger charge is -2.34. The highest BCUT2D eigenvalue weighted by molar-refractivity contribution is 9.10. The van der Waals surface area contributed by atoms with E-state index in [0.717, 1.165) is 17.6 Å². The van der Waals surface area contributed by atoms with E-state index < -0.39 is 0 Å². The SMILES string of the molecule is O=C(c1cccc(Br)c1)N1CCN(Cc2nnnn2-c2cccc(F)c2)CC1. The van der Waals surface area contributed by atoms with Crippen molar-refractivity contribution in [1.29, 1.82) is 0 Å². The van der Waals surface area contributed by atoms with Crippen molar-refractivity contribution in [2.75, 3.05) is 26.2 Å². The Balaban J connectivity index is 1.39. The van der Waals surface area contributed by atoms with E-state index in [1.165, 1.54) is 12.1 Å². The number of amides is 1. The summed E-state index contributed by atoms with van der Waals surface area (Å²) in [6, 6.07) is 13.6. The maximum absolute atomic E-state index is 13.5. The maximum atomic E-state index is 13.5. The minimum atomic E-state index is -0.335. The Morgan fingerprint density at radius 2 is 1.86 bits per heavy atom. The second-order valence-corrected chi connectivity index (χ2v) is 7.48. The van der Waals surface area contributed by atoms with Crippen LogP contribution < -0.4 is 0 Å². The number of hydrogen-bond donors (Lipinski definition) is 0. The van der Waals surface area contributed by atoms with Gasteiger partial charge in [-0.25, -0.2) is 4.39 Å². The molecule has 9 heteroatoms. The van der Waals surface area contributed by atoms with Crippen molar-refractivity contribution in [2.24, 2.45) is 0 Å². The van der Waals surface area contributed by atoms with Gasteiger partial charge in [0.1, 0.15) is 5.82 Å². The fourth-order valence-corrected chi connectivity index (χ4v) is 3.63. The third-order valence-corrected chi connectivity index (χ3v) is 5.18. The van der Waals surface area contributed by atoms with Gasteiger partial charge in [0.15, 0.2) is 5.82 Å². The van der Waals surface area contributed by atoms with Gasteiger partial charge in [-0.3, -0.25) is 9.69 Å². The number of benzene rings is 2. The first-order valence-corrected chi connectivity index (χ1v) is 9.70. The van der Waals surface area contributed by atoms with Gasteiger partial charge < -0.3 is 4.90 Å². The second-order valence-electron chi connectivity index (χ2n) is 6.57. The van der Waals surface area contributed by atoms with Crippen LogP contribution in [0.1, 0.15) is 16.2 Å². The van der Waals surface area contributed by atoms with Gasteiger partial charge in [-0.05, 0) is 46.8 Å². The normalized spacial score (nSPS) is 15.0. The first-order chi connectivity index (χ1) is 13.6. The van der Waals surface area contributed by atoms with Gasteiger partial charge in [-0.15, -0.1) is 5.10 Å². The zero-order valence-electron chi connectivity index (χ0n) is 15.0. The van der Waals surface area contributed by atoms with Crippen LogP contribution in [0.5, 0.6) is 0 Å². The predicted molar refractivity (Wildman–Crippen MR) is 104 cm³/mol. The van der Waals surface area contributed by atoms with Gasteiger partial charge in [0.2, 0.25) is 0 Å². The van der Waals surface area contributed by atoms with Crippen molar-refractivity contribution in [2.45, 2.75) is 6.54 Å². The number of rotatable bonds is 4. The summed E-state index contributed by atoms with van der Waals surface area (Å²) < 4.78 is 15.9. The number of piperazine rings is 1. The maximum Gasteiger partial charge on any atom is 0.253 e. The highest BCUT2D eigenvalue weighted by Gasteiger charge is 2.23. The van der Waals surface area contributed by atoms with Gasteiger partial charge in [0.25, 0.3) is 5.91 Å². The van der Waals surface area contributed by atoms with Gasteiger partial charge in [-0.1, -0.05) is 28.1 Å². The minimum Gasteiger partial charge on any atom is -0.336 e. The second kappa shape index (κ2) is 8.15. The Hall–Kier alpha value is -2.65. The van der Waals surface area contributed by atoms with Crippen LogP contribution in [0, 0.1) is 5.82 Å². The Bertz CT molecular complexity index is 986. The molecule has 1 aliphatic rings. The predicted octanol–water partition coefficient (Wildman–Crippen LogP) is 2.52. The Morgan fingerprint density at radius 1 is 1.07 bits per heavy atom. The van der Waals surface area contributed by atoms with E-state index in [0.29, 0.717) is 36.7 Å². The smallest absolute Gasteiger partial charge is 0.253 e. The number of carbonyl (C=O) groups is 1. The zero-order valence-corrected chi connectivity index (χ0v) is 16.6. The molecule has 7 nitrogen and oxygen atoms in total. The monoisotopic (exact) mass is 444 g/mol. The van der Waals surface area contributed by atoms with Crippen LogP contribution in [0.4, 0.5) is 4.39 Å². The molecule has 2 heterocycles. The summed E-state index contributed by atoms with van der Waals surface area (Å²) in [5, 5.41) is 11.8. The van der Waals surface area contributed by atoms with E-state index >= 15 is 0 Å². The average molecular weight is 445 g/mol. The molecule has 1 amide bonds. The van der Waals surface area contributed by atoms with Crippen molar-refractivity contribution in [3.05, 3.63) is 70.2 Å². The quantitative estimate of drug-likeness (QED) is 0.618. The number of carbonyl (C=O) groups excluding carboxylic acids is 1. The molecular formula is C19H18BrFN6O. The summed E-state index contributed by atoms with van der Waals surface area (Å²) in [6.45, 7) is 3.23. The molecule has 4 rings (SSSR count). The molecule has 28 heavy (non-hydrogen) atoms. The molecule has 0 radical (unpaired) electrons.